The Morgan fingerprint density at radius 1 is 1.38 bits per heavy atom. The molecule has 1 saturated carbocycles. The van der Waals surface area contributed by atoms with E-state index < -0.39 is 37.6 Å². The SMILES string of the molecule is C=C(C)[C@H]1CC[C@@]2(C)SP(=S)(OC[C@H]3O[C@@H](n4ccc(=O)[nH]c4=O)CC3O[Si](C)(C)C(C)(C)C)O[C@@H]2C1. The molecule has 7 atom stereocenters. The number of aromatic nitrogens is 2. The maximum absolute atomic E-state index is 12.5. The molecule has 3 fully saturated rings. The minimum absolute atomic E-state index is 0.00603. The van der Waals surface area contributed by atoms with Gasteiger partial charge in [0.25, 0.3) is 5.56 Å². The molecule has 0 spiro atoms. The minimum atomic E-state index is -2.59. The van der Waals surface area contributed by atoms with Gasteiger partial charge in [0.15, 0.2) is 8.32 Å². The minimum Gasteiger partial charge on any atom is -0.411 e. The summed E-state index contributed by atoms with van der Waals surface area (Å²) in [7, 11) is -2.14. The van der Waals surface area contributed by atoms with Crippen LogP contribution in [0.2, 0.25) is 18.1 Å². The topological polar surface area (TPSA) is 91.8 Å². The number of hydrogen-bond acceptors (Lipinski definition) is 8. The van der Waals surface area contributed by atoms with Crippen molar-refractivity contribution >= 4 is 37.2 Å². The van der Waals surface area contributed by atoms with Crippen LogP contribution >= 0.6 is 17.1 Å². The summed E-state index contributed by atoms with van der Waals surface area (Å²) in [4.78, 5) is 26.4. The number of allylic oxidation sites excluding steroid dienone is 1. The van der Waals surface area contributed by atoms with E-state index in [9.17, 15) is 9.59 Å². The standard InChI is InChI=1S/C25H41N2O6PS2Si/c1-16(2)17-9-11-25(6)20(13-17)32-34(35,36-25)30-15-19-18(33-37(7,8)24(3,4)5)14-22(31-19)27-12-10-21(28)26-23(27)29/h10,12,17-20,22H,1,9,11,13-15H2,2-8H3,(H,26,28,29)/t17-,18?,19+,20+,22+,25+,34?/m0/s1. The molecule has 4 rings (SSSR count). The summed E-state index contributed by atoms with van der Waals surface area (Å²) < 4.78 is 27.3. The lowest BCUT2D eigenvalue weighted by Crippen LogP contribution is -2.46. The maximum Gasteiger partial charge on any atom is 0.330 e. The number of aromatic amines is 1. The predicted octanol–water partition coefficient (Wildman–Crippen LogP) is 5.72. The van der Waals surface area contributed by atoms with E-state index in [1.54, 1.807) is 11.4 Å². The van der Waals surface area contributed by atoms with E-state index in [0.29, 0.717) is 12.3 Å². The van der Waals surface area contributed by atoms with E-state index in [2.05, 4.69) is 59.3 Å². The molecule has 1 N–H and O–H groups in total. The van der Waals surface area contributed by atoms with Crippen molar-refractivity contribution in [1.29, 1.82) is 0 Å². The second kappa shape index (κ2) is 10.5. The third kappa shape index (κ3) is 6.29. The van der Waals surface area contributed by atoms with Crippen LogP contribution in [0.3, 0.4) is 0 Å². The molecular weight excluding hydrogens is 547 g/mol. The molecule has 8 nitrogen and oxygen atoms in total. The van der Waals surface area contributed by atoms with Crippen LogP contribution < -0.4 is 11.2 Å². The molecule has 0 radical (unpaired) electrons. The molecule has 2 aliphatic heterocycles. The highest BCUT2D eigenvalue weighted by molar-refractivity contribution is 8.68. The zero-order chi connectivity index (χ0) is 27.4. The van der Waals surface area contributed by atoms with E-state index in [-0.39, 0.29) is 28.6 Å². The van der Waals surface area contributed by atoms with Gasteiger partial charge in [-0.15, -0.1) is 0 Å². The van der Waals surface area contributed by atoms with Gasteiger partial charge < -0.3 is 18.2 Å². The molecule has 2 saturated heterocycles. The second-order valence-corrected chi connectivity index (χ2v) is 23.7. The van der Waals surface area contributed by atoms with Crippen molar-refractivity contribution in [2.45, 2.75) is 108 Å². The van der Waals surface area contributed by atoms with E-state index in [4.69, 9.17) is 30.0 Å². The summed E-state index contributed by atoms with van der Waals surface area (Å²) >= 11 is 7.67. The Hall–Kier alpha value is -0.523. The summed E-state index contributed by atoms with van der Waals surface area (Å²) in [6, 6.07) is 1.33. The van der Waals surface area contributed by atoms with E-state index >= 15 is 0 Å². The molecule has 3 heterocycles. The van der Waals surface area contributed by atoms with Crippen molar-refractivity contribution in [1.82, 2.24) is 9.55 Å². The zero-order valence-electron chi connectivity index (χ0n) is 22.9. The Bertz CT molecular complexity index is 1200. The monoisotopic (exact) mass is 588 g/mol. The maximum atomic E-state index is 12.5. The highest BCUT2D eigenvalue weighted by atomic mass is 32.9. The van der Waals surface area contributed by atoms with E-state index in [0.717, 1.165) is 19.3 Å². The van der Waals surface area contributed by atoms with Crippen molar-refractivity contribution in [3.8, 4) is 0 Å². The van der Waals surface area contributed by atoms with Crippen molar-refractivity contribution in [2.75, 3.05) is 6.61 Å². The third-order valence-electron chi connectivity index (χ3n) is 8.43. The van der Waals surface area contributed by atoms with Gasteiger partial charge in [-0.05, 0) is 69.0 Å². The molecule has 12 heteroatoms. The molecule has 1 aromatic rings. The van der Waals surface area contributed by atoms with Gasteiger partial charge in [0.1, 0.15) is 12.3 Å². The van der Waals surface area contributed by atoms with Gasteiger partial charge in [-0.25, -0.2) is 4.79 Å². The van der Waals surface area contributed by atoms with Crippen LogP contribution in [0.25, 0.3) is 0 Å². The molecule has 3 aliphatic rings. The second-order valence-electron chi connectivity index (χ2n) is 12.4. The number of nitrogens with one attached hydrogen (secondary N) is 1. The van der Waals surface area contributed by atoms with Crippen LogP contribution in [0.5, 0.6) is 0 Å². The van der Waals surface area contributed by atoms with Gasteiger partial charge in [0.05, 0.1) is 18.8 Å². The van der Waals surface area contributed by atoms with Gasteiger partial charge in [-0.2, -0.15) is 0 Å². The Balaban J connectivity index is 1.51. The van der Waals surface area contributed by atoms with Crippen molar-refractivity contribution in [3.05, 3.63) is 45.3 Å². The van der Waals surface area contributed by atoms with Crippen molar-refractivity contribution in [2.24, 2.45) is 5.92 Å². The number of fused-ring (bicyclic) bond motifs is 1. The van der Waals surface area contributed by atoms with Crippen LogP contribution in [-0.2, 0) is 30.0 Å². The highest BCUT2D eigenvalue weighted by Crippen LogP contribution is 2.75. The lowest BCUT2D eigenvalue weighted by molar-refractivity contribution is -0.0395. The summed E-state index contributed by atoms with van der Waals surface area (Å²) in [5, 5.41) is 0.00603. The number of H-pyrrole nitrogens is 1. The molecule has 0 amide bonds. The van der Waals surface area contributed by atoms with Crippen LogP contribution in [0.15, 0.2) is 34.0 Å². The van der Waals surface area contributed by atoms with Crippen molar-refractivity contribution < 1.29 is 18.2 Å². The van der Waals surface area contributed by atoms with Gasteiger partial charge in [-0.1, -0.05) is 44.3 Å². The average molecular weight is 589 g/mol. The fourth-order valence-electron chi connectivity index (χ4n) is 4.96. The first-order valence-electron chi connectivity index (χ1n) is 13.0. The van der Waals surface area contributed by atoms with Crippen LogP contribution in [-0.4, -0.2) is 47.5 Å². The lowest BCUT2D eigenvalue weighted by Gasteiger charge is -2.39. The number of hydrogen-bond donors (Lipinski definition) is 1. The van der Waals surface area contributed by atoms with E-state index in [1.807, 2.05) is 0 Å². The zero-order valence-corrected chi connectivity index (χ0v) is 26.5. The summed E-state index contributed by atoms with van der Waals surface area (Å²) in [6.07, 6.45) is 3.78. The summed E-state index contributed by atoms with van der Waals surface area (Å²) in [5.41, 5.74) is -2.33. The average Bonchev–Trinajstić information content (AvgIpc) is 3.27. The molecule has 37 heavy (non-hydrogen) atoms. The molecule has 208 valence electrons. The number of ether oxygens (including phenoxy) is 1. The predicted molar refractivity (Wildman–Crippen MR) is 155 cm³/mol. The first-order valence-corrected chi connectivity index (χ1v) is 19.9. The molecule has 1 aliphatic carbocycles. The van der Waals surface area contributed by atoms with E-state index in [1.165, 1.54) is 22.4 Å². The van der Waals surface area contributed by atoms with Crippen LogP contribution in [0.4, 0.5) is 0 Å². The Morgan fingerprint density at radius 2 is 2.08 bits per heavy atom. The molecule has 2 unspecified atom stereocenters. The lowest BCUT2D eigenvalue weighted by atomic mass is 9.77. The van der Waals surface area contributed by atoms with Crippen LogP contribution in [0.1, 0.15) is 66.5 Å². The summed E-state index contributed by atoms with van der Waals surface area (Å²) in [5.74, 6) is 0.456. The normalized spacial score (nSPS) is 36.5. The molecule has 0 bridgehead atoms. The molecule has 1 aromatic heterocycles. The number of rotatable bonds is 7. The van der Waals surface area contributed by atoms with Crippen LogP contribution in [0, 0.1) is 5.92 Å². The van der Waals surface area contributed by atoms with Gasteiger partial charge in [0, 0.05) is 23.4 Å². The fourth-order valence-corrected chi connectivity index (χ4v) is 13.5. The smallest absolute Gasteiger partial charge is 0.330 e. The highest BCUT2D eigenvalue weighted by Gasteiger charge is 2.54. The van der Waals surface area contributed by atoms with Gasteiger partial charge in [0.2, 0.25) is 5.69 Å². The molecular formula is C25H41N2O6PS2Si. The third-order valence-corrected chi connectivity index (χ3v) is 18.8. The summed E-state index contributed by atoms with van der Waals surface area (Å²) in [6.45, 7) is 19.7. The first kappa shape index (κ1) is 29.5. The fraction of sp³-hybridized carbons (Fsp3) is 0.760. The Labute approximate surface area is 229 Å². The quantitative estimate of drug-likeness (QED) is 0.246. The first-order chi connectivity index (χ1) is 17.0. The molecule has 0 aromatic carbocycles. The van der Waals surface area contributed by atoms with Crippen molar-refractivity contribution in [3.63, 3.8) is 0 Å². The Morgan fingerprint density at radius 3 is 2.70 bits per heavy atom. The largest absolute Gasteiger partial charge is 0.411 e. The van der Waals surface area contributed by atoms with Gasteiger partial charge in [-0.3, -0.25) is 14.3 Å². The Kier molecular flexibility index (Phi) is 8.33. The number of nitrogens with zero attached hydrogens (tertiary/aromatic N) is 1. The van der Waals surface area contributed by atoms with Gasteiger partial charge >= 0.3 is 5.69 Å².